The summed E-state index contributed by atoms with van der Waals surface area (Å²) in [6.45, 7) is 12.2. The van der Waals surface area contributed by atoms with Crippen LogP contribution in [0.1, 0.15) is 62.3 Å². The summed E-state index contributed by atoms with van der Waals surface area (Å²) in [5.41, 5.74) is 10.3. The highest BCUT2D eigenvalue weighted by molar-refractivity contribution is 6.40. The molecule has 5 heteroatoms. The highest BCUT2D eigenvalue weighted by Gasteiger charge is 2.08. The number of aryl methyl sites for hydroxylation is 5. The first kappa shape index (κ1) is 29.5. The van der Waals surface area contributed by atoms with E-state index >= 15 is 0 Å². The summed E-state index contributed by atoms with van der Waals surface area (Å²) >= 11 is 21.1. The second-order valence-corrected chi connectivity index (χ2v) is 7.73. The Balaban J connectivity index is 0. The van der Waals surface area contributed by atoms with Gasteiger partial charge >= 0.3 is 0 Å². The number of carbonyl (C=O) groups is 1. The van der Waals surface area contributed by atoms with Gasteiger partial charge in [0.25, 0.3) is 0 Å². The van der Waals surface area contributed by atoms with Gasteiger partial charge in [0.15, 0.2) is 6.29 Å². The molecule has 158 valence electrons. The summed E-state index contributed by atoms with van der Waals surface area (Å²) < 4.78 is 0. The van der Waals surface area contributed by atoms with Crippen molar-refractivity contribution in [3.8, 4) is 0 Å². The number of hydrogen-bond acceptors (Lipinski definition) is 1. The summed E-state index contributed by atoms with van der Waals surface area (Å²) in [7, 11) is 0. The monoisotopic (exact) mass is 464 g/mol. The smallest absolute Gasteiger partial charge is 0.150 e. The zero-order valence-corrected chi connectivity index (χ0v) is 19.9. The van der Waals surface area contributed by atoms with E-state index in [1.54, 1.807) is 0 Å². The minimum atomic E-state index is 0. The molecule has 0 aromatic heterocycles. The van der Waals surface area contributed by atoms with Crippen molar-refractivity contribution in [2.24, 2.45) is 0 Å². The zero-order chi connectivity index (χ0) is 21.1. The van der Waals surface area contributed by atoms with Gasteiger partial charge in [0, 0.05) is 17.3 Å². The normalized spacial score (nSPS) is 9.36. The lowest BCUT2D eigenvalue weighted by Crippen LogP contribution is -1.99. The first-order valence-corrected chi connectivity index (χ1v) is 10.7. The largest absolute Gasteiger partial charge is 0.298 e. The third-order valence-electron chi connectivity index (χ3n) is 4.42. The van der Waals surface area contributed by atoms with Crippen molar-refractivity contribution in [1.29, 1.82) is 0 Å². The highest BCUT2D eigenvalue weighted by atomic mass is 35.5. The lowest BCUT2D eigenvalue weighted by molar-refractivity contribution is 0.112. The molecule has 0 aliphatic heterocycles. The minimum absolute atomic E-state index is 0. The van der Waals surface area contributed by atoms with Crippen molar-refractivity contribution in [2.45, 2.75) is 60.7 Å². The molecule has 0 N–H and O–H groups in total. The molecule has 0 heterocycles. The van der Waals surface area contributed by atoms with Gasteiger partial charge in [-0.15, -0.1) is 46.4 Å². The second kappa shape index (κ2) is 15.2. The number of halogens is 4. The summed E-state index contributed by atoms with van der Waals surface area (Å²) in [6.07, 6.45) is 0.903. The van der Waals surface area contributed by atoms with Crippen molar-refractivity contribution in [1.82, 2.24) is 0 Å². The Bertz CT molecular complexity index is 732. The SMILES string of the molecule is C.Cc1cc(C)c(CCl)c(C)c1.Cc1cc(C)c(CCl)c(C)c1C=O.ClCCl. The van der Waals surface area contributed by atoms with E-state index in [1.165, 1.54) is 22.3 Å². The van der Waals surface area contributed by atoms with Gasteiger partial charge in [-0.3, -0.25) is 4.79 Å². The summed E-state index contributed by atoms with van der Waals surface area (Å²) in [4.78, 5) is 10.8. The van der Waals surface area contributed by atoms with Gasteiger partial charge in [-0.05, 0) is 80.5 Å². The van der Waals surface area contributed by atoms with Gasteiger partial charge in [0.1, 0.15) is 0 Å². The molecule has 0 saturated heterocycles. The van der Waals surface area contributed by atoms with E-state index in [2.05, 4.69) is 32.9 Å². The van der Waals surface area contributed by atoms with Gasteiger partial charge in [0.2, 0.25) is 0 Å². The first-order chi connectivity index (χ1) is 12.7. The van der Waals surface area contributed by atoms with E-state index in [9.17, 15) is 4.79 Å². The predicted octanol–water partition coefficient (Wildman–Crippen LogP) is 8.57. The maximum absolute atomic E-state index is 10.8. The number of rotatable bonds is 3. The van der Waals surface area contributed by atoms with E-state index in [0.717, 1.165) is 34.1 Å². The van der Waals surface area contributed by atoms with Crippen LogP contribution in [0.5, 0.6) is 0 Å². The molecule has 28 heavy (non-hydrogen) atoms. The van der Waals surface area contributed by atoms with Crippen LogP contribution in [0, 0.1) is 41.5 Å². The lowest BCUT2D eigenvalue weighted by atomic mass is 9.95. The molecular formula is C23H32Cl4O. The average Bonchev–Trinajstić information content (AvgIpc) is 2.56. The average molecular weight is 466 g/mol. The Morgan fingerprint density at radius 3 is 1.46 bits per heavy atom. The van der Waals surface area contributed by atoms with Crippen LogP contribution in [-0.4, -0.2) is 11.6 Å². The van der Waals surface area contributed by atoms with Crippen LogP contribution in [0.15, 0.2) is 18.2 Å². The molecule has 0 saturated carbocycles. The van der Waals surface area contributed by atoms with Crippen LogP contribution in [0.3, 0.4) is 0 Å². The molecular weight excluding hydrogens is 434 g/mol. The molecule has 0 atom stereocenters. The molecule has 0 spiro atoms. The topological polar surface area (TPSA) is 17.1 Å². The van der Waals surface area contributed by atoms with Crippen molar-refractivity contribution in [3.63, 3.8) is 0 Å². The molecule has 0 fully saturated rings. The van der Waals surface area contributed by atoms with Crippen molar-refractivity contribution >= 4 is 52.7 Å². The Hall–Kier alpha value is -0.730. The van der Waals surface area contributed by atoms with E-state index in [-0.39, 0.29) is 12.8 Å². The van der Waals surface area contributed by atoms with Crippen LogP contribution < -0.4 is 0 Å². The van der Waals surface area contributed by atoms with E-state index in [4.69, 9.17) is 46.4 Å². The van der Waals surface area contributed by atoms with Gasteiger partial charge in [-0.25, -0.2) is 0 Å². The molecule has 0 amide bonds. The lowest BCUT2D eigenvalue weighted by Gasteiger charge is -2.11. The fourth-order valence-electron chi connectivity index (χ4n) is 3.05. The summed E-state index contributed by atoms with van der Waals surface area (Å²) in [5.74, 6) is 1.09. The summed E-state index contributed by atoms with van der Waals surface area (Å²) in [5, 5.41) is 0.194. The van der Waals surface area contributed by atoms with Crippen LogP contribution >= 0.6 is 46.4 Å². The number of hydrogen-bond donors (Lipinski definition) is 0. The fourth-order valence-corrected chi connectivity index (χ4v) is 3.88. The Kier molecular flexibility index (Phi) is 16.0. The Labute approximate surface area is 191 Å². The van der Waals surface area contributed by atoms with E-state index in [0.29, 0.717) is 11.8 Å². The Morgan fingerprint density at radius 2 is 1.11 bits per heavy atom. The molecule has 0 unspecified atom stereocenters. The van der Waals surface area contributed by atoms with Crippen molar-refractivity contribution in [2.75, 3.05) is 5.34 Å². The molecule has 0 aliphatic carbocycles. The zero-order valence-electron chi connectivity index (χ0n) is 16.9. The van der Waals surface area contributed by atoms with E-state index < -0.39 is 0 Å². The number of aldehydes is 1. The summed E-state index contributed by atoms with van der Waals surface area (Å²) in [6, 6.07) is 6.35. The number of carbonyl (C=O) groups excluding carboxylic acids is 1. The standard InChI is InChI=1S/C11H13ClO.C10H13Cl.CH2Cl2.CH4/c1-7-4-8(2)11(6-13)9(3)10(7)5-12;1-7-4-8(2)10(6-11)9(3)5-7;2-1-3;/h4,6H,5H2,1-3H3;4-5H,6H2,1-3H3;1H2;1H4. The number of benzene rings is 2. The van der Waals surface area contributed by atoms with E-state index in [1.807, 2.05) is 26.8 Å². The fraction of sp³-hybridized carbons (Fsp3) is 0.435. The maximum Gasteiger partial charge on any atom is 0.150 e. The van der Waals surface area contributed by atoms with Gasteiger partial charge < -0.3 is 0 Å². The minimum Gasteiger partial charge on any atom is -0.298 e. The molecule has 1 nitrogen and oxygen atoms in total. The maximum atomic E-state index is 10.8. The molecule has 0 radical (unpaired) electrons. The highest BCUT2D eigenvalue weighted by Crippen LogP contribution is 2.22. The van der Waals surface area contributed by atoms with Crippen molar-refractivity contribution in [3.05, 3.63) is 68.3 Å². The molecule has 0 bridgehead atoms. The predicted molar refractivity (Wildman–Crippen MR) is 129 cm³/mol. The quantitative estimate of drug-likeness (QED) is 0.327. The van der Waals surface area contributed by atoms with Crippen LogP contribution in [-0.2, 0) is 11.8 Å². The second-order valence-electron chi connectivity index (χ2n) is 6.39. The van der Waals surface area contributed by atoms with Crippen LogP contribution in [0.25, 0.3) is 0 Å². The number of alkyl halides is 4. The Morgan fingerprint density at radius 1 is 0.714 bits per heavy atom. The first-order valence-electron chi connectivity index (χ1n) is 8.53. The molecule has 2 rings (SSSR count). The van der Waals surface area contributed by atoms with Gasteiger partial charge in [-0.2, -0.15) is 0 Å². The molecule has 2 aromatic carbocycles. The van der Waals surface area contributed by atoms with Gasteiger partial charge in [0.05, 0.1) is 5.34 Å². The van der Waals surface area contributed by atoms with Crippen LogP contribution in [0.4, 0.5) is 0 Å². The van der Waals surface area contributed by atoms with Gasteiger partial charge in [-0.1, -0.05) is 31.2 Å². The van der Waals surface area contributed by atoms with Crippen LogP contribution in [0.2, 0.25) is 0 Å². The third-order valence-corrected chi connectivity index (χ3v) is 4.95. The molecule has 2 aromatic rings. The third kappa shape index (κ3) is 8.74. The van der Waals surface area contributed by atoms with Crippen molar-refractivity contribution < 1.29 is 4.79 Å². The molecule has 0 aliphatic rings.